The van der Waals surface area contributed by atoms with Gasteiger partial charge < -0.3 is 14.2 Å². The van der Waals surface area contributed by atoms with Crippen LogP contribution in [-0.2, 0) is 22.7 Å². The van der Waals surface area contributed by atoms with Crippen LogP contribution in [0.2, 0.25) is 0 Å². The molecule has 3 atom stereocenters. The fraction of sp³-hybridized carbons (Fsp3) is 0.526. The van der Waals surface area contributed by atoms with E-state index in [2.05, 4.69) is 47.8 Å². The highest BCUT2D eigenvalue weighted by molar-refractivity contribution is 5.89. The number of likely N-dealkylation sites (tertiary alicyclic amines) is 1. The van der Waals surface area contributed by atoms with Crippen LogP contribution < -0.4 is 0 Å². The average molecular weight is 312 g/mol. The van der Waals surface area contributed by atoms with E-state index in [4.69, 9.17) is 4.74 Å². The van der Waals surface area contributed by atoms with Gasteiger partial charge in [-0.3, -0.25) is 4.79 Å². The molecule has 0 bridgehead atoms. The lowest BCUT2D eigenvalue weighted by molar-refractivity contribution is -0.144. The van der Waals surface area contributed by atoms with Crippen molar-refractivity contribution in [2.24, 2.45) is 5.92 Å². The van der Waals surface area contributed by atoms with Crippen molar-refractivity contribution in [3.63, 3.8) is 0 Å². The Morgan fingerprint density at radius 2 is 2.22 bits per heavy atom. The molecule has 122 valence electrons. The van der Waals surface area contributed by atoms with Crippen LogP contribution in [0, 0.1) is 5.92 Å². The quantitative estimate of drug-likeness (QED) is 0.799. The molecule has 4 rings (SSSR count). The minimum atomic E-state index is -0.235. The number of rotatable bonds is 2. The maximum atomic E-state index is 11.2. The summed E-state index contributed by atoms with van der Waals surface area (Å²) in [6.45, 7) is 5.30. The summed E-state index contributed by atoms with van der Waals surface area (Å²) in [5.74, 6) is 1.12. The molecule has 2 aromatic rings. The Bertz CT molecular complexity index is 764. The summed E-state index contributed by atoms with van der Waals surface area (Å²) in [5, 5.41) is 1.39. The Morgan fingerprint density at radius 3 is 3.00 bits per heavy atom. The Kier molecular flexibility index (Phi) is 3.45. The number of ether oxygens (including phenoxy) is 1. The maximum Gasteiger partial charge on any atom is 0.304 e. The number of carbonyl (C=O) groups excluding carboxylic acids is 1. The van der Waals surface area contributed by atoms with Gasteiger partial charge in [0.25, 0.3) is 0 Å². The van der Waals surface area contributed by atoms with Gasteiger partial charge in [0.15, 0.2) is 6.73 Å². The number of piperidine rings is 1. The molecule has 2 heterocycles. The summed E-state index contributed by atoms with van der Waals surface area (Å²) in [4.78, 5) is 13.7. The third-order valence-electron chi connectivity index (χ3n) is 5.54. The van der Waals surface area contributed by atoms with Crippen molar-refractivity contribution in [2.75, 3.05) is 13.6 Å². The molecule has 1 fully saturated rings. The number of hydrogen-bond acceptors (Lipinski definition) is 3. The number of esters is 1. The minimum absolute atomic E-state index is 0.235. The summed E-state index contributed by atoms with van der Waals surface area (Å²) < 4.78 is 7.30. The highest BCUT2D eigenvalue weighted by Crippen LogP contribution is 2.44. The number of benzene rings is 1. The van der Waals surface area contributed by atoms with E-state index < -0.39 is 0 Å². The van der Waals surface area contributed by atoms with E-state index in [-0.39, 0.29) is 5.97 Å². The van der Waals surface area contributed by atoms with Gasteiger partial charge in [0.2, 0.25) is 0 Å². The highest BCUT2D eigenvalue weighted by Gasteiger charge is 2.38. The molecule has 0 amide bonds. The van der Waals surface area contributed by atoms with Crippen LogP contribution in [0.3, 0.4) is 0 Å². The first-order valence-corrected chi connectivity index (χ1v) is 8.49. The van der Waals surface area contributed by atoms with E-state index in [0.717, 1.165) is 12.3 Å². The molecule has 3 unspecified atom stereocenters. The summed E-state index contributed by atoms with van der Waals surface area (Å²) >= 11 is 0. The van der Waals surface area contributed by atoms with Crippen LogP contribution in [0.15, 0.2) is 24.4 Å². The zero-order valence-electron chi connectivity index (χ0n) is 14.1. The molecule has 0 saturated carbocycles. The van der Waals surface area contributed by atoms with Gasteiger partial charge in [0.1, 0.15) is 0 Å². The monoisotopic (exact) mass is 312 g/mol. The van der Waals surface area contributed by atoms with Gasteiger partial charge in [-0.15, -0.1) is 0 Å². The molecule has 1 saturated heterocycles. The Hall–Kier alpha value is -1.81. The van der Waals surface area contributed by atoms with Crippen molar-refractivity contribution in [1.29, 1.82) is 0 Å². The maximum absolute atomic E-state index is 11.2. The Morgan fingerprint density at radius 1 is 1.39 bits per heavy atom. The number of carbonyl (C=O) groups is 1. The van der Waals surface area contributed by atoms with Crippen molar-refractivity contribution in [3.8, 4) is 0 Å². The number of hydrogen-bond donors (Lipinski definition) is 0. The predicted octanol–water partition coefficient (Wildman–Crippen LogP) is 3.14. The lowest BCUT2D eigenvalue weighted by Gasteiger charge is -2.44. The summed E-state index contributed by atoms with van der Waals surface area (Å²) in [6, 6.07) is 7.18. The first kappa shape index (κ1) is 14.8. The molecule has 0 spiro atoms. The minimum Gasteiger partial charge on any atom is -0.444 e. The van der Waals surface area contributed by atoms with Crippen molar-refractivity contribution in [3.05, 3.63) is 35.5 Å². The van der Waals surface area contributed by atoms with E-state index in [1.54, 1.807) is 0 Å². The molecule has 1 aliphatic carbocycles. The van der Waals surface area contributed by atoms with Gasteiger partial charge in [-0.25, -0.2) is 0 Å². The molecule has 4 nitrogen and oxygen atoms in total. The van der Waals surface area contributed by atoms with Gasteiger partial charge >= 0.3 is 5.97 Å². The SMILES string of the molecule is CC(=O)OCn1cc2c3c(cccc31)C1CC(C)CN(C)C1C2. The van der Waals surface area contributed by atoms with Gasteiger partial charge in [-0.1, -0.05) is 19.1 Å². The lowest BCUT2D eigenvalue weighted by atomic mass is 9.73. The fourth-order valence-electron chi connectivity index (χ4n) is 4.66. The van der Waals surface area contributed by atoms with Gasteiger partial charge in [0.05, 0.1) is 5.52 Å². The largest absolute Gasteiger partial charge is 0.444 e. The molecule has 2 aliphatic rings. The van der Waals surface area contributed by atoms with E-state index in [1.165, 1.54) is 41.9 Å². The zero-order chi connectivity index (χ0) is 16.1. The summed E-state index contributed by atoms with van der Waals surface area (Å²) in [7, 11) is 2.26. The van der Waals surface area contributed by atoms with Crippen LogP contribution in [0.25, 0.3) is 10.9 Å². The highest BCUT2D eigenvalue weighted by atomic mass is 16.5. The molecule has 1 aromatic heterocycles. The second kappa shape index (κ2) is 5.38. The average Bonchev–Trinajstić information content (AvgIpc) is 2.86. The standard InChI is InChI=1S/C19H24N2O2/c1-12-7-16-15-5-4-6-17-19(15)14(8-18(16)20(3)9-12)10-21(17)11-23-13(2)22/h4-6,10,12,16,18H,7-9,11H2,1-3H3. The Labute approximate surface area is 137 Å². The molecule has 4 heteroatoms. The molecule has 0 N–H and O–H groups in total. The van der Waals surface area contributed by atoms with Crippen molar-refractivity contribution < 1.29 is 9.53 Å². The van der Waals surface area contributed by atoms with Gasteiger partial charge in [-0.05, 0) is 43.0 Å². The molecule has 1 aromatic carbocycles. The van der Waals surface area contributed by atoms with E-state index in [1.807, 2.05) is 0 Å². The number of nitrogens with zero attached hydrogens (tertiary/aromatic N) is 2. The van der Waals surface area contributed by atoms with Crippen LogP contribution in [-0.4, -0.2) is 35.1 Å². The Balaban J connectivity index is 1.80. The van der Waals surface area contributed by atoms with Crippen molar-refractivity contribution in [2.45, 2.75) is 45.4 Å². The summed E-state index contributed by atoms with van der Waals surface area (Å²) in [6.07, 6.45) is 4.54. The molecular weight excluding hydrogens is 288 g/mol. The first-order chi connectivity index (χ1) is 11.0. The van der Waals surface area contributed by atoms with Crippen molar-refractivity contribution in [1.82, 2.24) is 9.47 Å². The topological polar surface area (TPSA) is 34.5 Å². The van der Waals surface area contributed by atoms with Crippen molar-refractivity contribution >= 4 is 16.9 Å². The second-order valence-electron chi connectivity index (χ2n) is 7.29. The predicted molar refractivity (Wildman–Crippen MR) is 90.3 cm³/mol. The smallest absolute Gasteiger partial charge is 0.304 e. The third-order valence-corrected chi connectivity index (χ3v) is 5.54. The lowest BCUT2D eigenvalue weighted by Crippen LogP contribution is -2.47. The first-order valence-electron chi connectivity index (χ1n) is 8.49. The molecule has 0 radical (unpaired) electrons. The van der Waals surface area contributed by atoms with E-state index >= 15 is 0 Å². The summed E-state index contributed by atoms with van der Waals surface area (Å²) in [5.41, 5.74) is 4.07. The van der Waals surface area contributed by atoms with Crippen LogP contribution in [0.5, 0.6) is 0 Å². The third kappa shape index (κ3) is 2.36. The number of fused-ring (bicyclic) bond motifs is 2. The molecule has 23 heavy (non-hydrogen) atoms. The van der Waals surface area contributed by atoms with Gasteiger partial charge in [0, 0.05) is 37.0 Å². The van der Waals surface area contributed by atoms with Crippen LogP contribution in [0.1, 0.15) is 37.3 Å². The molecule has 1 aliphatic heterocycles. The van der Waals surface area contributed by atoms with Crippen LogP contribution in [0.4, 0.5) is 0 Å². The second-order valence-corrected chi connectivity index (χ2v) is 7.29. The zero-order valence-corrected chi connectivity index (χ0v) is 14.1. The van der Waals surface area contributed by atoms with E-state index in [0.29, 0.717) is 18.7 Å². The number of aromatic nitrogens is 1. The van der Waals surface area contributed by atoms with Crippen LogP contribution >= 0.6 is 0 Å². The van der Waals surface area contributed by atoms with E-state index in [9.17, 15) is 4.79 Å². The fourth-order valence-corrected chi connectivity index (χ4v) is 4.66. The number of likely N-dealkylation sites (N-methyl/N-ethyl adjacent to an activating group) is 1. The normalized spacial score (nSPS) is 27.0. The van der Waals surface area contributed by atoms with Gasteiger partial charge in [-0.2, -0.15) is 0 Å². The molecular formula is C19H24N2O2.